The van der Waals surface area contributed by atoms with Gasteiger partial charge in [-0.05, 0) is 41.5 Å². The summed E-state index contributed by atoms with van der Waals surface area (Å²) in [6.07, 6.45) is 2.62. The summed E-state index contributed by atoms with van der Waals surface area (Å²) in [6.45, 7) is 0.312. The fourth-order valence-corrected chi connectivity index (χ4v) is 2.22. The van der Waals surface area contributed by atoms with Gasteiger partial charge in [-0.2, -0.15) is 0 Å². The van der Waals surface area contributed by atoms with Crippen molar-refractivity contribution in [2.45, 2.75) is 6.10 Å². The SMILES string of the molecule is COc1ccc([C@@H](CNC(=O)/C=C/c2ccc(O)c(O)c2)OC)cc1. The standard InChI is InChI=1S/C19H21NO5/c1-24-15-7-5-14(6-8-15)18(25-2)12-20-19(23)10-4-13-3-9-16(21)17(22)11-13/h3-11,18,21-22H,12H2,1-2H3,(H,20,23)/b10-4+/t18-/m1/s1. The van der Waals surface area contributed by atoms with Crippen molar-refractivity contribution in [3.05, 3.63) is 59.7 Å². The molecule has 2 rings (SSSR count). The molecular weight excluding hydrogens is 322 g/mol. The normalized spacial score (nSPS) is 12.1. The second-order valence-corrected chi connectivity index (χ2v) is 5.32. The number of benzene rings is 2. The summed E-state index contributed by atoms with van der Waals surface area (Å²) in [5.74, 6) is 0.0244. The van der Waals surface area contributed by atoms with Crippen LogP contribution in [0.4, 0.5) is 0 Å². The molecule has 0 aliphatic rings. The van der Waals surface area contributed by atoms with Gasteiger partial charge in [0, 0.05) is 19.7 Å². The highest BCUT2D eigenvalue weighted by molar-refractivity contribution is 5.91. The van der Waals surface area contributed by atoms with E-state index in [0.717, 1.165) is 11.3 Å². The third kappa shape index (κ3) is 5.26. The highest BCUT2D eigenvalue weighted by Crippen LogP contribution is 2.25. The van der Waals surface area contributed by atoms with Crippen LogP contribution in [0.5, 0.6) is 17.2 Å². The summed E-state index contributed by atoms with van der Waals surface area (Å²) in [5.41, 5.74) is 1.53. The number of hydrogen-bond donors (Lipinski definition) is 3. The Bertz CT molecular complexity index is 740. The number of methoxy groups -OCH3 is 2. The van der Waals surface area contributed by atoms with E-state index < -0.39 is 0 Å². The maximum atomic E-state index is 11.9. The van der Waals surface area contributed by atoms with E-state index in [9.17, 15) is 15.0 Å². The number of phenols is 2. The summed E-state index contributed by atoms with van der Waals surface area (Å²) >= 11 is 0. The molecule has 2 aromatic rings. The van der Waals surface area contributed by atoms with Gasteiger partial charge in [-0.15, -0.1) is 0 Å². The molecule has 0 spiro atoms. The molecule has 0 saturated carbocycles. The Kier molecular flexibility index (Phi) is 6.42. The summed E-state index contributed by atoms with van der Waals surface area (Å²) in [5, 5.41) is 21.4. The predicted octanol–water partition coefficient (Wildman–Crippen LogP) is 2.62. The van der Waals surface area contributed by atoms with E-state index in [2.05, 4.69) is 5.32 Å². The maximum Gasteiger partial charge on any atom is 0.244 e. The lowest BCUT2D eigenvalue weighted by Crippen LogP contribution is -2.27. The first-order chi connectivity index (χ1) is 12.0. The molecule has 0 aromatic heterocycles. The third-order valence-corrected chi connectivity index (χ3v) is 3.66. The third-order valence-electron chi connectivity index (χ3n) is 3.66. The van der Waals surface area contributed by atoms with E-state index in [1.165, 1.54) is 18.2 Å². The van der Waals surface area contributed by atoms with Gasteiger partial charge in [0.15, 0.2) is 11.5 Å². The van der Waals surface area contributed by atoms with Crippen LogP contribution in [0.15, 0.2) is 48.5 Å². The Morgan fingerprint density at radius 3 is 2.44 bits per heavy atom. The van der Waals surface area contributed by atoms with Crippen LogP contribution in [0, 0.1) is 0 Å². The van der Waals surface area contributed by atoms with Crippen LogP contribution in [-0.4, -0.2) is 36.9 Å². The number of hydrogen-bond acceptors (Lipinski definition) is 5. The van der Waals surface area contributed by atoms with Gasteiger partial charge in [0.25, 0.3) is 0 Å². The van der Waals surface area contributed by atoms with Crippen molar-refractivity contribution in [1.82, 2.24) is 5.32 Å². The molecule has 0 unspecified atom stereocenters. The first-order valence-electron chi connectivity index (χ1n) is 7.68. The number of carbonyl (C=O) groups excluding carboxylic acids is 1. The molecular formula is C19H21NO5. The fourth-order valence-electron chi connectivity index (χ4n) is 2.22. The lowest BCUT2D eigenvalue weighted by Gasteiger charge is -2.16. The van der Waals surface area contributed by atoms with Crippen LogP contribution in [0.25, 0.3) is 6.08 Å². The monoisotopic (exact) mass is 343 g/mol. The largest absolute Gasteiger partial charge is 0.504 e. The van der Waals surface area contributed by atoms with Crippen molar-refractivity contribution in [3.63, 3.8) is 0 Å². The summed E-state index contributed by atoms with van der Waals surface area (Å²) in [6, 6.07) is 11.8. The van der Waals surface area contributed by atoms with Gasteiger partial charge in [-0.3, -0.25) is 4.79 Å². The number of amides is 1. The van der Waals surface area contributed by atoms with Gasteiger partial charge < -0.3 is 25.0 Å². The first-order valence-corrected chi connectivity index (χ1v) is 7.68. The highest BCUT2D eigenvalue weighted by atomic mass is 16.5. The maximum absolute atomic E-state index is 11.9. The van der Waals surface area contributed by atoms with E-state index in [0.29, 0.717) is 12.1 Å². The van der Waals surface area contributed by atoms with Crippen molar-refractivity contribution in [2.24, 2.45) is 0 Å². The summed E-state index contributed by atoms with van der Waals surface area (Å²) in [4.78, 5) is 11.9. The Balaban J connectivity index is 1.92. The Morgan fingerprint density at radius 1 is 1.12 bits per heavy atom. The van der Waals surface area contributed by atoms with Crippen molar-refractivity contribution in [2.75, 3.05) is 20.8 Å². The number of aromatic hydroxyl groups is 2. The Labute approximate surface area is 146 Å². The Hall–Kier alpha value is -2.99. The highest BCUT2D eigenvalue weighted by Gasteiger charge is 2.11. The number of ether oxygens (including phenoxy) is 2. The lowest BCUT2D eigenvalue weighted by atomic mass is 10.1. The van der Waals surface area contributed by atoms with Crippen LogP contribution in [0.2, 0.25) is 0 Å². The zero-order chi connectivity index (χ0) is 18.2. The van der Waals surface area contributed by atoms with Crippen LogP contribution < -0.4 is 10.1 Å². The number of carbonyl (C=O) groups is 1. The fraction of sp³-hybridized carbons (Fsp3) is 0.211. The van der Waals surface area contributed by atoms with Crippen molar-refractivity contribution in [3.8, 4) is 17.2 Å². The van der Waals surface area contributed by atoms with E-state index in [4.69, 9.17) is 9.47 Å². The number of nitrogens with one attached hydrogen (secondary N) is 1. The zero-order valence-electron chi connectivity index (χ0n) is 14.1. The molecule has 132 valence electrons. The smallest absolute Gasteiger partial charge is 0.244 e. The van der Waals surface area contributed by atoms with Gasteiger partial charge in [-0.25, -0.2) is 0 Å². The van der Waals surface area contributed by atoms with E-state index in [1.807, 2.05) is 24.3 Å². The molecule has 6 nitrogen and oxygen atoms in total. The molecule has 0 aliphatic heterocycles. The molecule has 6 heteroatoms. The van der Waals surface area contributed by atoms with E-state index in [-0.39, 0.29) is 23.5 Å². The summed E-state index contributed by atoms with van der Waals surface area (Å²) < 4.78 is 10.5. The minimum atomic E-state index is -0.289. The quantitative estimate of drug-likeness (QED) is 0.531. The predicted molar refractivity (Wildman–Crippen MR) is 94.6 cm³/mol. The first kappa shape index (κ1) is 18.4. The molecule has 0 fully saturated rings. The van der Waals surface area contributed by atoms with E-state index >= 15 is 0 Å². The number of phenolic OH excluding ortho intramolecular Hbond substituents is 2. The Morgan fingerprint density at radius 2 is 1.84 bits per heavy atom. The van der Waals surface area contributed by atoms with Gasteiger partial charge >= 0.3 is 0 Å². The topological polar surface area (TPSA) is 88.0 Å². The second kappa shape index (κ2) is 8.75. The lowest BCUT2D eigenvalue weighted by molar-refractivity contribution is -0.117. The van der Waals surface area contributed by atoms with Crippen LogP contribution in [-0.2, 0) is 9.53 Å². The molecule has 0 aliphatic carbocycles. The van der Waals surface area contributed by atoms with E-state index in [1.54, 1.807) is 26.4 Å². The molecule has 1 amide bonds. The van der Waals surface area contributed by atoms with Crippen molar-refractivity contribution >= 4 is 12.0 Å². The molecule has 0 heterocycles. The molecule has 0 radical (unpaired) electrons. The van der Waals surface area contributed by atoms with Gasteiger partial charge in [0.05, 0.1) is 13.2 Å². The van der Waals surface area contributed by atoms with Crippen LogP contribution in [0.3, 0.4) is 0 Å². The van der Waals surface area contributed by atoms with Crippen LogP contribution in [0.1, 0.15) is 17.2 Å². The second-order valence-electron chi connectivity index (χ2n) is 5.32. The van der Waals surface area contributed by atoms with Crippen LogP contribution >= 0.6 is 0 Å². The molecule has 1 atom stereocenters. The van der Waals surface area contributed by atoms with Gasteiger partial charge in [-0.1, -0.05) is 18.2 Å². The van der Waals surface area contributed by atoms with Crippen molar-refractivity contribution < 1.29 is 24.5 Å². The average Bonchev–Trinajstić information content (AvgIpc) is 2.63. The minimum Gasteiger partial charge on any atom is -0.504 e. The summed E-state index contributed by atoms with van der Waals surface area (Å²) in [7, 11) is 3.18. The molecule has 3 N–H and O–H groups in total. The minimum absolute atomic E-state index is 0.205. The van der Waals surface area contributed by atoms with Gasteiger partial charge in [0.1, 0.15) is 5.75 Å². The van der Waals surface area contributed by atoms with Crippen molar-refractivity contribution in [1.29, 1.82) is 0 Å². The molecule has 2 aromatic carbocycles. The zero-order valence-corrected chi connectivity index (χ0v) is 14.1. The molecule has 0 saturated heterocycles. The molecule has 25 heavy (non-hydrogen) atoms. The van der Waals surface area contributed by atoms with Gasteiger partial charge in [0.2, 0.25) is 5.91 Å². The number of rotatable bonds is 7. The molecule has 0 bridgehead atoms. The average molecular weight is 343 g/mol.